The van der Waals surface area contributed by atoms with Crippen LogP contribution in [0.1, 0.15) is 11.1 Å². The first-order valence-electron chi connectivity index (χ1n) is 6.56. The normalized spacial score (nSPS) is 12.0. The maximum absolute atomic E-state index is 13.2. The van der Waals surface area contributed by atoms with Crippen molar-refractivity contribution in [3.8, 4) is 5.75 Å². The smallest absolute Gasteiger partial charge is 0.241 e. The van der Waals surface area contributed by atoms with Gasteiger partial charge < -0.3 is 16.2 Å². The number of amides is 1. The molecule has 0 aliphatic carbocycles. The summed E-state index contributed by atoms with van der Waals surface area (Å²) in [6.45, 7) is 1.63. The van der Waals surface area contributed by atoms with Crippen molar-refractivity contribution in [3.63, 3.8) is 0 Å². The van der Waals surface area contributed by atoms with Crippen LogP contribution in [0.2, 0.25) is 0 Å². The molecular weight excluding hydrogens is 271 g/mol. The molecule has 110 valence electrons. The maximum atomic E-state index is 13.2. The number of anilines is 1. The molecule has 5 heteroatoms. The van der Waals surface area contributed by atoms with Crippen LogP contribution in [0.5, 0.6) is 5.75 Å². The number of aromatic hydroxyl groups is 1. The van der Waals surface area contributed by atoms with E-state index in [-0.39, 0.29) is 17.5 Å². The molecule has 0 aromatic heterocycles. The summed E-state index contributed by atoms with van der Waals surface area (Å²) in [6.07, 6.45) is 0.353. The van der Waals surface area contributed by atoms with Gasteiger partial charge in [0.25, 0.3) is 0 Å². The van der Waals surface area contributed by atoms with Crippen molar-refractivity contribution in [2.45, 2.75) is 19.4 Å². The molecule has 2 aromatic rings. The zero-order chi connectivity index (χ0) is 15.4. The molecule has 2 rings (SSSR count). The van der Waals surface area contributed by atoms with Gasteiger partial charge in [0.05, 0.1) is 6.04 Å². The third-order valence-corrected chi connectivity index (χ3v) is 3.15. The predicted molar refractivity (Wildman–Crippen MR) is 79.6 cm³/mol. The number of phenolic OH excluding ortho intramolecular Hbond substituents is 1. The molecule has 1 atom stereocenters. The molecule has 1 amide bonds. The number of benzene rings is 2. The highest BCUT2D eigenvalue weighted by molar-refractivity contribution is 5.94. The van der Waals surface area contributed by atoms with E-state index < -0.39 is 6.04 Å². The molecule has 0 bridgehead atoms. The Morgan fingerprint density at radius 2 is 1.95 bits per heavy atom. The second-order valence-corrected chi connectivity index (χ2v) is 4.93. The van der Waals surface area contributed by atoms with Crippen LogP contribution >= 0.6 is 0 Å². The Balaban J connectivity index is 1.98. The number of hydrogen-bond acceptors (Lipinski definition) is 3. The van der Waals surface area contributed by atoms with Crippen LogP contribution in [-0.2, 0) is 11.2 Å². The highest BCUT2D eigenvalue weighted by atomic mass is 19.1. The van der Waals surface area contributed by atoms with Gasteiger partial charge in [-0.1, -0.05) is 12.1 Å². The number of carbonyl (C=O) groups excluding carboxylic acids is 1. The van der Waals surface area contributed by atoms with Crippen molar-refractivity contribution in [1.82, 2.24) is 0 Å². The fourth-order valence-electron chi connectivity index (χ4n) is 1.94. The van der Waals surface area contributed by atoms with E-state index in [9.17, 15) is 14.3 Å². The van der Waals surface area contributed by atoms with Crippen LogP contribution in [0.15, 0.2) is 42.5 Å². The van der Waals surface area contributed by atoms with E-state index in [1.54, 1.807) is 37.3 Å². The van der Waals surface area contributed by atoms with Gasteiger partial charge in [-0.3, -0.25) is 4.79 Å². The molecule has 2 aromatic carbocycles. The van der Waals surface area contributed by atoms with Crippen molar-refractivity contribution in [2.24, 2.45) is 5.73 Å². The minimum atomic E-state index is -0.722. The highest BCUT2D eigenvalue weighted by Crippen LogP contribution is 2.15. The second-order valence-electron chi connectivity index (χ2n) is 4.93. The SMILES string of the molecule is Cc1cc(NC(=O)C(N)Cc2ccc(O)cc2)ccc1F. The van der Waals surface area contributed by atoms with Gasteiger partial charge >= 0.3 is 0 Å². The molecule has 21 heavy (non-hydrogen) atoms. The summed E-state index contributed by atoms with van der Waals surface area (Å²) < 4.78 is 13.2. The molecule has 4 N–H and O–H groups in total. The summed E-state index contributed by atoms with van der Waals surface area (Å²) in [5, 5.41) is 11.9. The van der Waals surface area contributed by atoms with Crippen molar-refractivity contribution in [1.29, 1.82) is 0 Å². The van der Waals surface area contributed by atoms with Gasteiger partial charge in [0, 0.05) is 5.69 Å². The van der Waals surface area contributed by atoms with Gasteiger partial charge in [0.1, 0.15) is 11.6 Å². The maximum Gasteiger partial charge on any atom is 0.241 e. The molecule has 0 radical (unpaired) electrons. The Morgan fingerprint density at radius 1 is 1.29 bits per heavy atom. The van der Waals surface area contributed by atoms with Crippen LogP contribution in [0, 0.1) is 12.7 Å². The fraction of sp³-hybridized carbons (Fsp3) is 0.188. The van der Waals surface area contributed by atoms with Crippen LogP contribution in [-0.4, -0.2) is 17.1 Å². The van der Waals surface area contributed by atoms with Gasteiger partial charge in [0.15, 0.2) is 0 Å². The number of halogens is 1. The molecule has 0 spiro atoms. The predicted octanol–water partition coefficient (Wildman–Crippen LogP) is 2.35. The summed E-state index contributed by atoms with van der Waals surface area (Å²) in [5.41, 5.74) is 7.68. The molecule has 0 saturated carbocycles. The van der Waals surface area contributed by atoms with Gasteiger partial charge in [-0.15, -0.1) is 0 Å². The van der Waals surface area contributed by atoms with E-state index in [4.69, 9.17) is 5.73 Å². The lowest BCUT2D eigenvalue weighted by Gasteiger charge is -2.13. The molecule has 0 aliphatic heterocycles. The summed E-state index contributed by atoms with van der Waals surface area (Å²) >= 11 is 0. The highest BCUT2D eigenvalue weighted by Gasteiger charge is 2.14. The fourth-order valence-corrected chi connectivity index (χ4v) is 1.94. The first-order chi connectivity index (χ1) is 9.95. The number of aryl methyl sites for hydroxylation is 1. The van der Waals surface area contributed by atoms with E-state index in [0.717, 1.165) is 5.56 Å². The molecule has 0 heterocycles. The van der Waals surface area contributed by atoms with Gasteiger partial charge in [-0.2, -0.15) is 0 Å². The minimum Gasteiger partial charge on any atom is -0.508 e. The first-order valence-corrected chi connectivity index (χ1v) is 6.56. The molecule has 0 saturated heterocycles. The Hall–Kier alpha value is -2.40. The quantitative estimate of drug-likeness (QED) is 0.808. The molecule has 4 nitrogen and oxygen atoms in total. The Morgan fingerprint density at radius 3 is 2.57 bits per heavy atom. The monoisotopic (exact) mass is 288 g/mol. The molecular formula is C16H17FN2O2. The van der Waals surface area contributed by atoms with E-state index in [1.165, 1.54) is 12.1 Å². The summed E-state index contributed by atoms with van der Waals surface area (Å²) in [7, 11) is 0. The Labute approximate surface area is 122 Å². The lowest BCUT2D eigenvalue weighted by Crippen LogP contribution is -2.37. The van der Waals surface area contributed by atoms with Gasteiger partial charge in [0.2, 0.25) is 5.91 Å². The van der Waals surface area contributed by atoms with Crippen LogP contribution in [0.3, 0.4) is 0 Å². The van der Waals surface area contributed by atoms with Crippen LogP contribution in [0.25, 0.3) is 0 Å². The topological polar surface area (TPSA) is 75.4 Å². The largest absolute Gasteiger partial charge is 0.508 e. The zero-order valence-electron chi connectivity index (χ0n) is 11.6. The molecule has 0 aliphatic rings. The standard InChI is InChI=1S/C16H17FN2O2/c1-10-8-12(4-7-14(10)17)19-16(21)15(18)9-11-2-5-13(20)6-3-11/h2-8,15,20H,9,18H2,1H3,(H,19,21). The van der Waals surface area contributed by atoms with Crippen LogP contribution < -0.4 is 11.1 Å². The number of phenols is 1. The average Bonchev–Trinajstić information content (AvgIpc) is 2.45. The summed E-state index contributed by atoms with van der Waals surface area (Å²) in [4.78, 5) is 12.0. The number of hydrogen-bond donors (Lipinski definition) is 3. The zero-order valence-corrected chi connectivity index (χ0v) is 11.6. The lowest BCUT2D eigenvalue weighted by atomic mass is 10.1. The van der Waals surface area contributed by atoms with Gasteiger partial charge in [-0.25, -0.2) is 4.39 Å². The van der Waals surface area contributed by atoms with E-state index in [2.05, 4.69) is 5.32 Å². The second kappa shape index (κ2) is 6.37. The van der Waals surface area contributed by atoms with E-state index in [1.807, 2.05) is 0 Å². The van der Waals surface area contributed by atoms with Crippen LogP contribution in [0.4, 0.5) is 10.1 Å². The van der Waals surface area contributed by atoms with Gasteiger partial charge in [-0.05, 0) is 54.8 Å². The third-order valence-electron chi connectivity index (χ3n) is 3.15. The summed E-state index contributed by atoms with van der Waals surface area (Å²) in [6, 6.07) is 10.1. The van der Waals surface area contributed by atoms with E-state index >= 15 is 0 Å². The van der Waals surface area contributed by atoms with Crippen molar-refractivity contribution in [3.05, 3.63) is 59.4 Å². The number of nitrogens with one attached hydrogen (secondary N) is 1. The Kier molecular flexibility index (Phi) is 4.55. The first kappa shape index (κ1) is 15.0. The Bertz CT molecular complexity index is 641. The van der Waals surface area contributed by atoms with Crippen molar-refractivity contribution < 1.29 is 14.3 Å². The average molecular weight is 288 g/mol. The van der Waals surface area contributed by atoms with E-state index in [0.29, 0.717) is 17.7 Å². The third kappa shape index (κ3) is 4.03. The van der Waals surface area contributed by atoms with Crippen molar-refractivity contribution >= 4 is 11.6 Å². The number of rotatable bonds is 4. The lowest BCUT2D eigenvalue weighted by molar-refractivity contribution is -0.117. The number of nitrogens with two attached hydrogens (primary N) is 1. The molecule has 0 fully saturated rings. The van der Waals surface area contributed by atoms with Crippen molar-refractivity contribution in [2.75, 3.05) is 5.32 Å². The number of carbonyl (C=O) groups is 1. The minimum absolute atomic E-state index is 0.165. The summed E-state index contributed by atoms with van der Waals surface area (Å²) in [5.74, 6) is -0.492. The molecule has 1 unspecified atom stereocenters.